The Morgan fingerprint density at radius 2 is 2.31 bits per heavy atom. The zero-order chi connectivity index (χ0) is 11.5. The Bertz CT molecular complexity index is 411. The van der Waals surface area contributed by atoms with Crippen LogP contribution in [0.25, 0.3) is 0 Å². The van der Waals surface area contributed by atoms with Gasteiger partial charge in [-0.2, -0.15) is 0 Å². The Kier molecular flexibility index (Phi) is 3.84. The van der Waals surface area contributed by atoms with Crippen LogP contribution < -0.4 is 5.32 Å². The number of hydrogen-bond acceptors (Lipinski definition) is 2. The second-order valence-electron chi connectivity index (χ2n) is 3.80. The number of hydrogen-bond donors (Lipinski definition) is 1. The fourth-order valence-electron chi connectivity index (χ4n) is 1.72. The van der Waals surface area contributed by atoms with E-state index in [0.29, 0.717) is 13.1 Å². The molecule has 1 amide bonds. The number of rotatable bonds is 2. The zero-order valence-electron chi connectivity index (χ0n) is 8.67. The Hall–Kier alpha value is -0.580. The molecule has 1 saturated heterocycles. The molecule has 0 atom stereocenters. The Labute approximate surface area is 108 Å². The molecule has 3 nitrogen and oxygen atoms in total. The van der Waals surface area contributed by atoms with E-state index in [1.54, 1.807) is 0 Å². The van der Waals surface area contributed by atoms with Crippen LogP contribution in [-0.4, -0.2) is 30.4 Å². The highest BCUT2D eigenvalue weighted by Gasteiger charge is 2.16. The summed E-state index contributed by atoms with van der Waals surface area (Å²) in [6.07, 6.45) is 0. The summed E-state index contributed by atoms with van der Waals surface area (Å²) in [7, 11) is 0. The lowest BCUT2D eigenvalue weighted by atomic mass is 10.2. The molecule has 86 valence electrons. The molecule has 1 fully saturated rings. The Morgan fingerprint density at radius 3 is 3.00 bits per heavy atom. The molecule has 0 aromatic heterocycles. The molecule has 0 saturated carbocycles. The molecule has 1 aromatic rings. The van der Waals surface area contributed by atoms with Gasteiger partial charge in [-0.3, -0.25) is 9.69 Å². The first kappa shape index (κ1) is 11.9. The normalized spacial score (nSPS) is 17.2. The van der Waals surface area contributed by atoms with Gasteiger partial charge < -0.3 is 5.32 Å². The van der Waals surface area contributed by atoms with Crippen LogP contribution in [0.5, 0.6) is 0 Å². The van der Waals surface area contributed by atoms with Gasteiger partial charge in [-0.25, -0.2) is 0 Å². The van der Waals surface area contributed by atoms with Gasteiger partial charge in [0.05, 0.1) is 6.54 Å². The molecule has 1 aliphatic heterocycles. The summed E-state index contributed by atoms with van der Waals surface area (Å²) in [5.41, 5.74) is 1.06. The lowest BCUT2D eigenvalue weighted by Crippen LogP contribution is -2.47. The van der Waals surface area contributed by atoms with Crippen molar-refractivity contribution in [2.24, 2.45) is 0 Å². The van der Waals surface area contributed by atoms with Crippen molar-refractivity contribution in [3.8, 4) is 0 Å². The Balaban J connectivity index is 2.05. The number of carbonyl (C=O) groups excluding carboxylic acids is 1. The standard InChI is InChI=1S/C11H12BrClN2O/c12-9-2-1-8(10(13)5-9)6-15-4-3-14-11(16)7-15/h1-2,5H,3-4,6-7H2,(H,14,16). The minimum atomic E-state index is 0.0829. The minimum Gasteiger partial charge on any atom is -0.354 e. The molecular weight excluding hydrogens is 291 g/mol. The van der Waals surface area contributed by atoms with E-state index >= 15 is 0 Å². The van der Waals surface area contributed by atoms with E-state index in [9.17, 15) is 4.79 Å². The van der Waals surface area contributed by atoms with Crippen LogP contribution in [0.1, 0.15) is 5.56 Å². The average Bonchev–Trinajstić information content (AvgIpc) is 2.22. The fourth-order valence-corrected chi connectivity index (χ4v) is 2.45. The molecule has 1 aliphatic rings. The molecule has 0 bridgehead atoms. The maximum absolute atomic E-state index is 11.2. The molecule has 0 aliphatic carbocycles. The summed E-state index contributed by atoms with van der Waals surface area (Å²) in [5, 5.41) is 3.54. The van der Waals surface area contributed by atoms with Crippen LogP contribution in [0.3, 0.4) is 0 Å². The smallest absolute Gasteiger partial charge is 0.234 e. The van der Waals surface area contributed by atoms with Crippen LogP contribution in [0.2, 0.25) is 5.02 Å². The van der Waals surface area contributed by atoms with E-state index in [2.05, 4.69) is 26.1 Å². The lowest BCUT2D eigenvalue weighted by molar-refractivity contribution is -0.124. The van der Waals surface area contributed by atoms with Crippen LogP contribution >= 0.6 is 27.5 Å². The maximum Gasteiger partial charge on any atom is 0.234 e. The third-order valence-corrected chi connectivity index (χ3v) is 3.37. The van der Waals surface area contributed by atoms with E-state index < -0.39 is 0 Å². The maximum atomic E-state index is 11.2. The van der Waals surface area contributed by atoms with Crippen molar-refractivity contribution < 1.29 is 4.79 Å². The van der Waals surface area contributed by atoms with Crippen LogP contribution in [0.15, 0.2) is 22.7 Å². The van der Waals surface area contributed by atoms with Crippen LogP contribution in [-0.2, 0) is 11.3 Å². The van der Waals surface area contributed by atoms with Gasteiger partial charge in [-0.05, 0) is 17.7 Å². The van der Waals surface area contributed by atoms with Crippen LogP contribution in [0.4, 0.5) is 0 Å². The molecule has 0 unspecified atom stereocenters. The van der Waals surface area contributed by atoms with Gasteiger partial charge in [-0.15, -0.1) is 0 Å². The van der Waals surface area contributed by atoms with Gasteiger partial charge in [-0.1, -0.05) is 33.6 Å². The summed E-state index contributed by atoms with van der Waals surface area (Å²) in [6, 6.07) is 5.82. The first-order chi connectivity index (χ1) is 7.65. The molecule has 5 heteroatoms. The van der Waals surface area contributed by atoms with E-state index in [1.165, 1.54) is 0 Å². The van der Waals surface area contributed by atoms with Crippen molar-refractivity contribution in [3.63, 3.8) is 0 Å². The van der Waals surface area contributed by atoms with E-state index in [1.807, 2.05) is 18.2 Å². The molecule has 1 N–H and O–H groups in total. The predicted molar refractivity (Wildman–Crippen MR) is 67.4 cm³/mol. The third-order valence-electron chi connectivity index (χ3n) is 2.53. The first-order valence-corrected chi connectivity index (χ1v) is 6.25. The van der Waals surface area contributed by atoms with Gasteiger partial charge >= 0.3 is 0 Å². The van der Waals surface area contributed by atoms with Crippen molar-refractivity contribution in [3.05, 3.63) is 33.3 Å². The SMILES string of the molecule is O=C1CN(Cc2ccc(Br)cc2Cl)CCN1. The molecule has 0 spiro atoms. The second-order valence-corrected chi connectivity index (χ2v) is 5.12. The lowest BCUT2D eigenvalue weighted by Gasteiger charge is -2.26. The van der Waals surface area contributed by atoms with Crippen molar-refractivity contribution in [2.75, 3.05) is 19.6 Å². The van der Waals surface area contributed by atoms with Crippen molar-refractivity contribution >= 4 is 33.4 Å². The number of benzene rings is 1. The van der Waals surface area contributed by atoms with Gasteiger partial charge in [0.2, 0.25) is 5.91 Å². The zero-order valence-corrected chi connectivity index (χ0v) is 11.0. The minimum absolute atomic E-state index is 0.0829. The number of nitrogens with zero attached hydrogens (tertiary/aromatic N) is 1. The van der Waals surface area contributed by atoms with Gasteiger partial charge in [0.25, 0.3) is 0 Å². The number of amides is 1. The first-order valence-electron chi connectivity index (χ1n) is 5.08. The topological polar surface area (TPSA) is 32.3 Å². The highest BCUT2D eigenvalue weighted by Crippen LogP contribution is 2.22. The highest BCUT2D eigenvalue weighted by atomic mass is 79.9. The summed E-state index contributed by atoms with van der Waals surface area (Å²) < 4.78 is 0.970. The van der Waals surface area contributed by atoms with Gasteiger partial charge in [0, 0.05) is 29.1 Å². The molecule has 1 heterocycles. The molecule has 0 radical (unpaired) electrons. The predicted octanol–water partition coefficient (Wildman–Crippen LogP) is 2.03. The number of piperazine rings is 1. The summed E-state index contributed by atoms with van der Waals surface area (Å²) in [4.78, 5) is 13.3. The van der Waals surface area contributed by atoms with Crippen molar-refractivity contribution in [2.45, 2.75) is 6.54 Å². The third kappa shape index (κ3) is 2.97. The molecule has 1 aromatic carbocycles. The van der Waals surface area contributed by atoms with E-state index in [0.717, 1.165) is 28.1 Å². The second kappa shape index (κ2) is 5.17. The number of halogens is 2. The molecule has 2 rings (SSSR count). The largest absolute Gasteiger partial charge is 0.354 e. The van der Waals surface area contributed by atoms with Crippen LogP contribution in [0, 0.1) is 0 Å². The summed E-state index contributed by atoms with van der Waals surface area (Å²) in [5.74, 6) is 0.0829. The van der Waals surface area contributed by atoms with E-state index in [-0.39, 0.29) is 5.91 Å². The highest BCUT2D eigenvalue weighted by molar-refractivity contribution is 9.10. The van der Waals surface area contributed by atoms with Crippen molar-refractivity contribution in [1.29, 1.82) is 0 Å². The molecular formula is C11H12BrClN2O. The van der Waals surface area contributed by atoms with E-state index in [4.69, 9.17) is 11.6 Å². The summed E-state index contributed by atoms with van der Waals surface area (Å²) >= 11 is 9.50. The Morgan fingerprint density at radius 1 is 1.50 bits per heavy atom. The van der Waals surface area contributed by atoms with Gasteiger partial charge in [0.1, 0.15) is 0 Å². The fraction of sp³-hybridized carbons (Fsp3) is 0.364. The average molecular weight is 304 g/mol. The quantitative estimate of drug-likeness (QED) is 0.907. The number of carbonyl (C=O) groups is 1. The van der Waals surface area contributed by atoms with Gasteiger partial charge in [0.15, 0.2) is 0 Å². The molecule has 16 heavy (non-hydrogen) atoms. The number of nitrogens with one attached hydrogen (secondary N) is 1. The monoisotopic (exact) mass is 302 g/mol. The van der Waals surface area contributed by atoms with Crippen molar-refractivity contribution in [1.82, 2.24) is 10.2 Å². The summed E-state index contributed by atoms with van der Waals surface area (Å²) in [6.45, 7) is 2.76.